The zero-order valence-corrected chi connectivity index (χ0v) is 17.9. The fourth-order valence-corrected chi connectivity index (χ4v) is 2.85. The first-order valence-corrected chi connectivity index (χ1v) is 10.0. The number of benzene rings is 2. The number of alkyl halides is 6. The van der Waals surface area contributed by atoms with Crippen LogP contribution in [0.2, 0.25) is 0 Å². The van der Waals surface area contributed by atoms with E-state index in [-0.39, 0.29) is 30.8 Å². The molecule has 2 rings (SSSR count). The molecule has 1 atom stereocenters. The lowest BCUT2D eigenvalue weighted by Crippen LogP contribution is -2.47. The largest absolute Gasteiger partial charge is 0.573 e. The summed E-state index contributed by atoms with van der Waals surface area (Å²) in [7, 11) is 1.37. The minimum atomic E-state index is -4.83. The summed E-state index contributed by atoms with van der Waals surface area (Å²) in [5.41, 5.74) is 0.650. The average molecular weight is 492 g/mol. The van der Waals surface area contributed by atoms with E-state index in [1.807, 2.05) is 0 Å². The number of rotatable bonds is 10. The number of hydrogen-bond donors (Lipinski definition) is 2. The molecule has 186 valence electrons. The highest BCUT2D eigenvalue weighted by Crippen LogP contribution is 2.23. The molecule has 0 saturated heterocycles. The number of nitrogens with one attached hydrogen (secondary N) is 2. The molecule has 0 heterocycles. The third kappa shape index (κ3) is 9.59. The number of ether oxygens (including phenoxy) is 2. The van der Waals surface area contributed by atoms with Crippen molar-refractivity contribution in [1.29, 1.82) is 0 Å². The van der Waals surface area contributed by atoms with Gasteiger partial charge >= 0.3 is 12.5 Å². The second-order valence-corrected chi connectivity index (χ2v) is 7.13. The third-order valence-corrected chi connectivity index (χ3v) is 4.45. The highest BCUT2D eigenvalue weighted by atomic mass is 19.4. The van der Waals surface area contributed by atoms with Crippen molar-refractivity contribution in [2.24, 2.45) is 0 Å². The van der Waals surface area contributed by atoms with Gasteiger partial charge in [-0.25, -0.2) is 0 Å². The Balaban J connectivity index is 1.96. The molecule has 2 amide bonds. The third-order valence-electron chi connectivity index (χ3n) is 4.45. The van der Waals surface area contributed by atoms with Gasteiger partial charge < -0.3 is 20.1 Å². The van der Waals surface area contributed by atoms with Crippen LogP contribution in [0.25, 0.3) is 0 Å². The Morgan fingerprint density at radius 3 is 2.03 bits per heavy atom. The number of likely N-dealkylation sites (N-methyl/N-ethyl adjacent to an activating group) is 1. The van der Waals surface area contributed by atoms with Crippen molar-refractivity contribution in [3.8, 4) is 11.5 Å². The first kappa shape index (κ1) is 26.8. The van der Waals surface area contributed by atoms with Gasteiger partial charge in [-0.15, -0.1) is 13.2 Å². The number of hydrogen-bond acceptors (Lipinski definition) is 4. The van der Waals surface area contributed by atoms with Crippen LogP contribution in [0.4, 0.5) is 26.3 Å². The minimum absolute atomic E-state index is 0.00187. The zero-order valence-electron chi connectivity index (χ0n) is 17.9. The first-order valence-electron chi connectivity index (χ1n) is 10.0. The molecular formula is C22H22F6N2O4. The Morgan fingerprint density at radius 2 is 1.50 bits per heavy atom. The van der Waals surface area contributed by atoms with E-state index in [4.69, 9.17) is 4.74 Å². The summed E-state index contributed by atoms with van der Waals surface area (Å²) in [5, 5.41) is 4.95. The van der Waals surface area contributed by atoms with Crippen molar-refractivity contribution >= 4 is 11.8 Å². The van der Waals surface area contributed by atoms with Gasteiger partial charge in [0.2, 0.25) is 5.91 Å². The monoisotopic (exact) mass is 492 g/mol. The smallest absolute Gasteiger partial charge is 0.494 e. The Morgan fingerprint density at radius 1 is 0.912 bits per heavy atom. The van der Waals surface area contributed by atoms with E-state index < -0.39 is 42.6 Å². The van der Waals surface area contributed by atoms with Gasteiger partial charge in [0.1, 0.15) is 17.5 Å². The molecule has 12 heteroatoms. The van der Waals surface area contributed by atoms with Gasteiger partial charge in [-0.3, -0.25) is 9.59 Å². The van der Waals surface area contributed by atoms with Crippen molar-refractivity contribution in [2.45, 2.75) is 37.8 Å². The molecule has 0 aliphatic carbocycles. The molecule has 2 N–H and O–H groups in total. The van der Waals surface area contributed by atoms with E-state index in [2.05, 4.69) is 15.4 Å². The number of carbonyl (C=O) groups excluding carboxylic acids is 2. The standard InChI is InChI=1S/C22H22F6N2O4/c1-29-20(32)18(13-14-3-7-17(8-4-14)34-22(26,27)28)30-19(31)15-5-9-16(10-6-15)33-12-2-11-21(23,24)25/h3-10,18H,2,11-13H2,1H3,(H,29,32)(H,30,31). The summed E-state index contributed by atoms with van der Waals surface area (Å²) in [6.45, 7) is -0.142. The lowest BCUT2D eigenvalue weighted by molar-refractivity contribution is -0.274. The highest BCUT2D eigenvalue weighted by molar-refractivity contribution is 5.97. The maximum absolute atomic E-state index is 12.6. The van der Waals surface area contributed by atoms with Crippen molar-refractivity contribution in [1.82, 2.24) is 10.6 Å². The first-order chi connectivity index (χ1) is 15.9. The van der Waals surface area contributed by atoms with Crippen molar-refractivity contribution < 1.29 is 45.4 Å². The van der Waals surface area contributed by atoms with E-state index in [1.165, 1.54) is 43.4 Å². The molecule has 0 aliphatic rings. The highest BCUT2D eigenvalue weighted by Gasteiger charge is 2.31. The second-order valence-electron chi connectivity index (χ2n) is 7.13. The molecule has 0 aliphatic heterocycles. The summed E-state index contributed by atoms with van der Waals surface area (Å²) in [6.07, 6.45) is -10.3. The van der Waals surface area contributed by atoms with Gasteiger partial charge in [0.15, 0.2) is 0 Å². The fraction of sp³-hybridized carbons (Fsp3) is 0.364. The second kappa shape index (κ2) is 11.6. The number of amides is 2. The Kier molecular flexibility index (Phi) is 9.16. The number of carbonyl (C=O) groups is 2. The van der Waals surface area contributed by atoms with E-state index in [0.717, 1.165) is 12.1 Å². The SMILES string of the molecule is CNC(=O)C(Cc1ccc(OC(F)(F)F)cc1)NC(=O)c1ccc(OCCCC(F)(F)F)cc1. The predicted octanol–water partition coefficient (Wildman–Crippen LogP) is 4.39. The topological polar surface area (TPSA) is 76.7 Å². The average Bonchev–Trinajstić information content (AvgIpc) is 2.75. The minimum Gasteiger partial charge on any atom is -0.494 e. The predicted molar refractivity (Wildman–Crippen MR) is 109 cm³/mol. The molecule has 6 nitrogen and oxygen atoms in total. The Hall–Kier alpha value is -3.44. The van der Waals surface area contributed by atoms with Crippen LogP contribution >= 0.6 is 0 Å². The normalized spacial score (nSPS) is 12.6. The zero-order chi connectivity index (χ0) is 25.4. The van der Waals surface area contributed by atoms with E-state index >= 15 is 0 Å². The van der Waals surface area contributed by atoms with Gasteiger partial charge in [0.25, 0.3) is 5.91 Å². The Bertz CT molecular complexity index is 944. The molecule has 0 saturated carbocycles. The lowest BCUT2D eigenvalue weighted by Gasteiger charge is -2.18. The maximum Gasteiger partial charge on any atom is 0.573 e. The van der Waals surface area contributed by atoms with Crippen LogP contribution in [0.1, 0.15) is 28.8 Å². The molecule has 0 spiro atoms. The van der Waals surface area contributed by atoms with Gasteiger partial charge in [-0.1, -0.05) is 12.1 Å². The molecule has 0 bridgehead atoms. The van der Waals surface area contributed by atoms with E-state index in [0.29, 0.717) is 5.56 Å². The van der Waals surface area contributed by atoms with E-state index in [9.17, 15) is 35.9 Å². The van der Waals surface area contributed by atoms with Crippen LogP contribution in [0.15, 0.2) is 48.5 Å². The van der Waals surface area contributed by atoms with Crippen LogP contribution < -0.4 is 20.1 Å². The number of halogens is 6. The molecule has 0 fully saturated rings. The van der Waals surface area contributed by atoms with E-state index in [1.54, 1.807) is 0 Å². The van der Waals surface area contributed by atoms with Crippen LogP contribution in [-0.2, 0) is 11.2 Å². The maximum atomic E-state index is 12.6. The molecule has 2 aromatic carbocycles. The van der Waals surface area contributed by atoms with Gasteiger partial charge in [0.05, 0.1) is 6.61 Å². The Labute approximate surface area is 191 Å². The molecule has 0 radical (unpaired) electrons. The van der Waals surface area contributed by atoms with Gasteiger partial charge in [-0.05, 0) is 48.4 Å². The van der Waals surface area contributed by atoms with Crippen LogP contribution in [0.5, 0.6) is 11.5 Å². The summed E-state index contributed by atoms with van der Waals surface area (Å²) in [6, 6.07) is 9.45. The molecule has 1 unspecified atom stereocenters. The van der Waals surface area contributed by atoms with Crippen LogP contribution in [-0.4, -0.2) is 44.0 Å². The van der Waals surface area contributed by atoms with Crippen molar-refractivity contribution in [3.63, 3.8) is 0 Å². The molecular weight excluding hydrogens is 470 g/mol. The van der Waals surface area contributed by atoms with Crippen LogP contribution in [0, 0.1) is 0 Å². The van der Waals surface area contributed by atoms with Gasteiger partial charge in [-0.2, -0.15) is 13.2 Å². The van der Waals surface area contributed by atoms with Crippen molar-refractivity contribution in [3.05, 3.63) is 59.7 Å². The van der Waals surface area contributed by atoms with Crippen molar-refractivity contribution in [2.75, 3.05) is 13.7 Å². The molecule has 2 aromatic rings. The summed E-state index contributed by atoms with van der Waals surface area (Å²) in [4.78, 5) is 24.8. The van der Waals surface area contributed by atoms with Gasteiger partial charge in [0, 0.05) is 25.5 Å². The summed E-state index contributed by atoms with van der Waals surface area (Å²) in [5.74, 6) is -1.26. The molecule has 0 aromatic heterocycles. The summed E-state index contributed by atoms with van der Waals surface area (Å²) >= 11 is 0. The lowest BCUT2D eigenvalue weighted by atomic mass is 10.0. The fourth-order valence-electron chi connectivity index (χ4n) is 2.85. The summed E-state index contributed by atoms with van der Waals surface area (Å²) < 4.78 is 82.3. The quantitative estimate of drug-likeness (QED) is 0.381. The molecule has 34 heavy (non-hydrogen) atoms. The van der Waals surface area contributed by atoms with Crippen LogP contribution in [0.3, 0.4) is 0 Å².